The summed E-state index contributed by atoms with van der Waals surface area (Å²) >= 11 is 0. The number of anilines is 6. The highest BCUT2D eigenvalue weighted by atomic mass is 15.2. The summed E-state index contributed by atoms with van der Waals surface area (Å²) in [6, 6.07) is 90.1. The molecular formula is C67H46N2. The predicted octanol–water partition coefficient (Wildman–Crippen LogP) is 19.0. The summed E-state index contributed by atoms with van der Waals surface area (Å²) in [7, 11) is 0. The fraction of sp³-hybridized carbons (Fsp3) is 0.0448. The number of hydrogen-bond acceptors (Lipinski definition) is 2. The normalized spacial score (nSPS) is 12.9. The van der Waals surface area contributed by atoms with E-state index in [1.165, 1.54) is 98.0 Å². The van der Waals surface area contributed by atoms with Crippen LogP contribution >= 0.6 is 0 Å². The van der Waals surface area contributed by atoms with Crippen molar-refractivity contribution in [2.24, 2.45) is 0 Å². The van der Waals surface area contributed by atoms with Crippen LogP contribution in [0.25, 0.3) is 86.9 Å². The third-order valence-electron chi connectivity index (χ3n) is 15.1. The van der Waals surface area contributed by atoms with E-state index in [0.717, 1.165) is 34.1 Å². The Bertz CT molecular complexity index is 4170. The molecule has 1 aliphatic carbocycles. The van der Waals surface area contributed by atoms with Crippen LogP contribution in [0, 0.1) is 0 Å². The second kappa shape index (κ2) is 15.2. The highest BCUT2D eigenvalue weighted by molar-refractivity contribution is 6.28. The van der Waals surface area contributed by atoms with Gasteiger partial charge in [-0.3, -0.25) is 0 Å². The van der Waals surface area contributed by atoms with Gasteiger partial charge in [-0.05, 0) is 125 Å². The molecule has 2 heteroatoms. The minimum Gasteiger partial charge on any atom is -0.309 e. The van der Waals surface area contributed by atoms with Crippen molar-refractivity contribution in [3.63, 3.8) is 0 Å². The highest BCUT2D eigenvalue weighted by Crippen LogP contribution is 2.54. The van der Waals surface area contributed by atoms with Crippen molar-refractivity contribution in [3.8, 4) is 22.3 Å². The van der Waals surface area contributed by atoms with E-state index in [-0.39, 0.29) is 5.41 Å². The summed E-state index contributed by atoms with van der Waals surface area (Å²) in [6.07, 6.45) is 0. The Morgan fingerprint density at radius 2 is 0.725 bits per heavy atom. The average molecular weight is 879 g/mol. The van der Waals surface area contributed by atoms with Crippen LogP contribution in [0.5, 0.6) is 0 Å². The van der Waals surface area contributed by atoms with Gasteiger partial charge in [0.2, 0.25) is 0 Å². The summed E-state index contributed by atoms with van der Waals surface area (Å²) in [4.78, 5) is 5.03. The zero-order valence-corrected chi connectivity index (χ0v) is 38.5. The number of para-hydroxylation sites is 2. The molecule has 1 aliphatic rings. The number of rotatable bonds is 8. The molecule has 324 valence electrons. The summed E-state index contributed by atoms with van der Waals surface area (Å²) in [6.45, 7) is 4.80. The molecule has 0 heterocycles. The van der Waals surface area contributed by atoms with Crippen molar-refractivity contribution >= 4 is 98.8 Å². The van der Waals surface area contributed by atoms with Crippen LogP contribution in [-0.2, 0) is 5.41 Å². The maximum absolute atomic E-state index is 2.55. The lowest BCUT2D eigenvalue weighted by Crippen LogP contribution is -2.17. The van der Waals surface area contributed by atoms with E-state index in [1.54, 1.807) is 0 Å². The van der Waals surface area contributed by atoms with Gasteiger partial charge in [-0.1, -0.05) is 208 Å². The van der Waals surface area contributed by atoms with Gasteiger partial charge in [0.05, 0.1) is 22.7 Å². The number of nitrogens with zero attached hydrogens (tertiary/aromatic N) is 2. The van der Waals surface area contributed by atoms with Gasteiger partial charge >= 0.3 is 0 Å². The van der Waals surface area contributed by atoms with E-state index in [4.69, 9.17) is 0 Å². The van der Waals surface area contributed by atoms with Crippen molar-refractivity contribution in [2.45, 2.75) is 19.3 Å². The first-order valence-corrected chi connectivity index (χ1v) is 24.1. The van der Waals surface area contributed by atoms with Gasteiger partial charge in [-0.2, -0.15) is 0 Å². The third-order valence-corrected chi connectivity index (χ3v) is 15.1. The molecule has 14 rings (SSSR count). The lowest BCUT2D eigenvalue weighted by atomic mass is 9.81. The topological polar surface area (TPSA) is 6.48 Å². The van der Waals surface area contributed by atoms with Crippen molar-refractivity contribution < 1.29 is 0 Å². The third kappa shape index (κ3) is 5.98. The number of fused-ring (bicyclic) bond motifs is 1. The number of benzene rings is 13. The van der Waals surface area contributed by atoms with Gasteiger partial charge < -0.3 is 9.80 Å². The molecule has 0 aliphatic heterocycles. The molecule has 0 atom stereocenters. The quantitative estimate of drug-likeness (QED) is 0.140. The summed E-state index contributed by atoms with van der Waals surface area (Å²) in [5.41, 5.74) is 14.1. The Morgan fingerprint density at radius 1 is 0.275 bits per heavy atom. The van der Waals surface area contributed by atoms with Gasteiger partial charge in [0.25, 0.3) is 0 Å². The van der Waals surface area contributed by atoms with Crippen LogP contribution < -0.4 is 9.80 Å². The molecule has 0 fully saturated rings. The van der Waals surface area contributed by atoms with E-state index in [1.807, 2.05) is 0 Å². The van der Waals surface area contributed by atoms with Crippen LogP contribution in [0.1, 0.15) is 25.0 Å². The van der Waals surface area contributed by atoms with E-state index in [9.17, 15) is 0 Å². The van der Waals surface area contributed by atoms with Crippen LogP contribution in [-0.4, -0.2) is 0 Å². The second-order valence-corrected chi connectivity index (χ2v) is 19.2. The lowest BCUT2D eigenvalue weighted by Gasteiger charge is -2.32. The van der Waals surface area contributed by atoms with Crippen molar-refractivity contribution in [2.75, 3.05) is 9.80 Å². The first-order valence-electron chi connectivity index (χ1n) is 24.1. The molecule has 2 nitrogen and oxygen atoms in total. The summed E-state index contributed by atoms with van der Waals surface area (Å²) in [5, 5.41) is 15.2. The predicted molar refractivity (Wildman–Crippen MR) is 295 cm³/mol. The molecule has 0 amide bonds. The van der Waals surface area contributed by atoms with Crippen molar-refractivity contribution in [3.05, 3.63) is 254 Å². The zero-order chi connectivity index (χ0) is 45.8. The second-order valence-electron chi connectivity index (χ2n) is 19.2. The first-order chi connectivity index (χ1) is 34.0. The van der Waals surface area contributed by atoms with Crippen molar-refractivity contribution in [1.82, 2.24) is 0 Å². The molecular weight excluding hydrogens is 833 g/mol. The van der Waals surface area contributed by atoms with Gasteiger partial charge in [0.15, 0.2) is 0 Å². The summed E-state index contributed by atoms with van der Waals surface area (Å²) in [5.74, 6) is 0. The van der Waals surface area contributed by atoms with Crippen LogP contribution in [0.4, 0.5) is 34.1 Å². The van der Waals surface area contributed by atoms with E-state index in [2.05, 4.69) is 266 Å². The molecule has 0 aromatic heterocycles. The minimum absolute atomic E-state index is 0.169. The molecule has 0 saturated heterocycles. The maximum Gasteiger partial charge on any atom is 0.0540 e. The Morgan fingerprint density at radius 3 is 1.36 bits per heavy atom. The average Bonchev–Trinajstić information content (AvgIpc) is 3.64. The molecule has 0 spiro atoms. The maximum atomic E-state index is 2.55. The van der Waals surface area contributed by atoms with Crippen LogP contribution in [0.15, 0.2) is 243 Å². The zero-order valence-electron chi connectivity index (χ0n) is 38.5. The standard InChI is InChI=1S/C67H46N2/c1-67(2)57-25-15-22-46-28-29-50-41-52(42-58(67)66(50)65(46)57)69(60-27-14-12-24-54(60)45-19-7-4-8-20-45)62-39-34-48-31-36-55-61(38-33-47-32-37-56(62)64(48)63(47)55)68(51-35-30-43-16-9-10-21-49(43)40-51)59-26-13-11-23-53(59)44-17-5-3-6-18-44/h3-42H,1-2H3. The van der Waals surface area contributed by atoms with Gasteiger partial charge in [-0.15, -0.1) is 0 Å². The molecule has 0 N–H and O–H groups in total. The van der Waals surface area contributed by atoms with Crippen LogP contribution in [0.2, 0.25) is 0 Å². The van der Waals surface area contributed by atoms with Crippen LogP contribution in [0.3, 0.4) is 0 Å². The smallest absolute Gasteiger partial charge is 0.0540 e. The first kappa shape index (κ1) is 39.4. The van der Waals surface area contributed by atoms with Gasteiger partial charge in [-0.25, -0.2) is 0 Å². The fourth-order valence-corrected chi connectivity index (χ4v) is 11.9. The summed E-state index contributed by atoms with van der Waals surface area (Å²) < 4.78 is 0. The molecule has 13 aromatic rings. The molecule has 0 unspecified atom stereocenters. The molecule has 69 heavy (non-hydrogen) atoms. The number of hydrogen-bond donors (Lipinski definition) is 0. The minimum atomic E-state index is -0.169. The Labute approximate surface area is 401 Å². The van der Waals surface area contributed by atoms with E-state index < -0.39 is 0 Å². The molecule has 0 radical (unpaired) electrons. The molecule has 0 bridgehead atoms. The SMILES string of the molecule is CC1(C)c2cccc3ccc4cc(N(c5ccccc5-c5ccccc5)c5ccc6ccc7c(N(c8ccc9ccccc9c8)c8ccccc8-c8ccccc8)ccc8ccc5c6c87)cc1c4c23. The van der Waals surface area contributed by atoms with E-state index >= 15 is 0 Å². The monoisotopic (exact) mass is 878 g/mol. The van der Waals surface area contributed by atoms with Gasteiger partial charge in [0.1, 0.15) is 0 Å². The van der Waals surface area contributed by atoms with E-state index in [0.29, 0.717) is 0 Å². The molecule has 13 aromatic carbocycles. The fourth-order valence-electron chi connectivity index (χ4n) is 11.9. The highest BCUT2D eigenvalue weighted by Gasteiger charge is 2.35. The van der Waals surface area contributed by atoms with Gasteiger partial charge in [0, 0.05) is 38.7 Å². The Kier molecular flexibility index (Phi) is 8.66. The largest absolute Gasteiger partial charge is 0.309 e. The Hall–Kier alpha value is -8.72. The lowest BCUT2D eigenvalue weighted by molar-refractivity contribution is 0.663. The molecule has 0 saturated carbocycles. The Balaban J connectivity index is 1.04. The van der Waals surface area contributed by atoms with Crippen molar-refractivity contribution in [1.29, 1.82) is 0 Å².